The van der Waals surface area contributed by atoms with Crippen LogP contribution in [0.3, 0.4) is 0 Å². The van der Waals surface area contributed by atoms with Crippen molar-refractivity contribution in [2.45, 2.75) is 6.54 Å². The van der Waals surface area contributed by atoms with E-state index in [1.807, 2.05) is 52.1 Å². The van der Waals surface area contributed by atoms with Crippen LogP contribution in [0.4, 0.5) is 10.5 Å². The number of nitrogens with one attached hydrogen (secondary N) is 1. The molecule has 0 unspecified atom stereocenters. The number of hydrogen-bond acceptors (Lipinski definition) is 4. The van der Waals surface area contributed by atoms with Gasteiger partial charge in [0.15, 0.2) is 0 Å². The third kappa shape index (κ3) is 4.09. The number of pyridine rings is 1. The van der Waals surface area contributed by atoms with Crippen LogP contribution in [0, 0.1) is 0 Å². The molecule has 0 aliphatic carbocycles. The first-order valence-corrected chi connectivity index (χ1v) is 9.54. The average molecular weight is 397 g/mol. The number of anilines is 1. The lowest BCUT2D eigenvalue weighted by atomic mass is 10.2. The molecular weight excluding hydrogens is 376 g/mol. The van der Waals surface area contributed by atoms with Crippen LogP contribution >= 0.6 is 11.6 Å². The first-order chi connectivity index (χ1) is 13.7. The molecule has 28 heavy (non-hydrogen) atoms. The summed E-state index contributed by atoms with van der Waals surface area (Å²) < 4.78 is 1.83. The fourth-order valence-corrected chi connectivity index (χ4v) is 3.47. The van der Waals surface area contributed by atoms with Crippen LogP contribution in [-0.2, 0) is 6.54 Å². The van der Waals surface area contributed by atoms with Gasteiger partial charge in [-0.15, -0.1) is 0 Å². The molecule has 0 spiro atoms. The molecule has 2 amide bonds. The van der Waals surface area contributed by atoms with E-state index in [1.165, 1.54) is 0 Å². The van der Waals surface area contributed by atoms with Gasteiger partial charge < -0.3 is 15.1 Å². The van der Waals surface area contributed by atoms with Gasteiger partial charge in [-0.25, -0.2) is 14.8 Å². The number of piperazine rings is 1. The lowest BCUT2D eigenvalue weighted by Crippen LogP contribution is -2.51. The summed E-state index contributed by atoms with van der Waals surface area (Å²) in [7, 11) is 0. The van der Waals surface area contributed by atoms with Crippen molar-refractivity contribution in [1.29, 1.82) is 0 Å². The highest BCUT2D eigenvalue weighted by atomic mass is 35.5. The van der Waals surface area contributed by atoms with Crippen LogP contribution in [0.1, 0.15) is 5.56 Å². The van der Waals surface area contributed by atoms with Crippen molar-refractivity contribution in [3.8, 4) is 5.82 Å². The van der Waals surface area contributed by atoms with Gasteiger partial charge in [0.25, 0.3) is 0 Å². The molecule has 0 bridgehead atoms. The average Bonchev–Trinajstić information content (AvgIpc) is 3.28. The Labute approximate surface area is 168 Å². The lowest BCUT2D eigenvalue weighted by Gasteiger charge is -2.36. The summed E-state index contributed by atoms with van der Waals surface area (Å²) in [5.74, 6) is 0.795. The number of para-hydroxylation sites is 1. The number of halogens is 1. The summed E-state index contributed by atoms with van der Waals surface area (Å²) in [5, 5.41) is 3.71. The normalized spacial score (nSPS) is 14.2. The summed E-state index contributed by atoms with van der Waals surface area (Å²) >= 11 is 6.27. The summed E-state index contributed by atoms with van der Waals surface area (Å²) in [4.78, 5) is 24.9. The first kappa shape index (κ1) is 18.3. The number of imidazole rings is 1. The number of benzene rings is 1. The van der Waals surface area contributed by atoms with E-state index in [2.05, 4.69) is 20.2 Å². The van der Waals surface area contributed by atoms with E-state index in [-0.39, 0.29) is 6.03 Å². The Kier molecular flexibility index (Phi) is 5.43. The van der Waals surface area contributed by atoms with Crippen molar-refractivity contribution < 1.29 is 4.79 Å². The fraction of sp³-hybridized carbons (Fsp3) is 0.250. The smallest absolute Gasteiger partial charge is 0.317 e. The summed E-state index contributed by atoms with van der Waals surface area (Å²) in [6.45, 7) is 3.29. The molecule has 1 aliphatic rings. The molecule has 1 aliphatic heterocycles. The van der Waals surface area contributed by atoms with Crippen LogP contribution in [0.15, 0.2) is 61.3 Å². The number of urea groups is 1. The van der Waals surface area contributed by atoms with E-state index in [1.54, 1.807) is 18.7 Å². The minimum absolute atomic E-state index is 0.0579. The first-order valence-electron chi connectivity index (χ1n) is 9.16. The van der Waals surface area contributed by atoms with E-state index in [9.17, 15) is 4.79 Å². The van der Waals surface area contributed by atoms with Gasteiger partial charge in [-0.3, -0.25) is 4.57 Å². The summed E-state index contributed by atoms with van der Waals surface area (Å²) in [5.41, 5.74) is 1.97. The molecule has 144 valence electrons. The fourth-order valence-electron chi connectivity index (χ4n) is 3.22. The van der Waals surface area contributed by atoms with Gasteiger partial charge in [0.1, 0.15) is 12.1 Å². The maximum atomic E-state index is 12.5. The molecular formula is C20H21ClN6O. The van der Waals surface area contributed by atoms with Crippen molar-refractivity contribution in [1.82, 2.24) is 24.8 Å². The topological polar surface area (TPSA) is 66.3 Å². The van der Waals surface area contributed by atoms with Gasteiger partial charge in [0.05, 0.1) is 10.7 Å². The van der Waals surface area contributed by atoms with E-state index >= 15 is 0 Å². The van der Waals surface area contributed by atoms with E-state index in [4.69, 9.17) is 11.6 Å². The van der Waals surface area contributed by atoms with Crippen molar-refractivity contribution in [3.05, 3.63) is 71.9 Å². The number of rotatable bonds is 4. The standard InChI is InChI=1S/C20H21ClN6O/c21-17-3-1-2-4-18(17)25-9-11-26(12-10-25)20(28)24-14-16-5-6-19(23-13-16)27-8-7-22-15-27/h1-8,13,15H,9-12,14H2,(H,24,28). The maximum Gasteiger partial charge on any atom is 0.317 e. The number of hydrogen-bond donors (Lipinski definition) is 1. The van der Waals surface area contributed by atoms with Crippen LogP contribution in [-0.4, -0.2) is 51.6 Å². The molecule has 2 aromatic heterocycles. The number of carbonyl (C=O) groups is 1. The minimum atomic E-state index is -0.0579. The highest BCUT2D eigenvalue weighted by molar-refractivity contribution is 6.33. The quantitative estimate of drug-likeness (QED) is 0.736. The van der Waals surface area contributed by atoms with E-state index < -0.39 is 0 Å². The van der Waals surface area contributed by atoms with Gasteiger partial charge >= 0.3 is 6.03 Å². The van der Waals surface area contributed by atoms with E-state index in [0.717, 1.165) is 35.2 Å². The summed E-state index contributed by atoms with van der Waals surface area (Å²) in [6.07, 6.45) is 7.02. The highest BCUT2D eigenvalue weighted by Crippen LogP contribution is 2.26. The van der Waals surface area contributed by atoms with Gasteiger partial charge in [-0.05, 0) is 23.8 Å². The number of aromatic nitrogens is 3. The minimum Gasteiger partial charge on any atom is -0.367 e. The number of nitrogens with zero attached hydrogens (tertiary/aromatic N) is 5. The van der Waals surface area contributed by atoms with Gasteiger partial charge in [0.2, 0.25) is 0 Å². The molecule has 3 aromatic rings. The third-order valence-corrected chi connectivity index (χ3v) is 5.10. The van der Waals surface area contributed by atoms with Gasteiger partial charge in [0, 0.05) is 51.3 Å². The largest absolute Gasteiger partial charge is 0.367 e. The van der Waals surface area contributed by atoms with Crippen molar-refractivity contribution in [2.75, 3.05) is 31.1 Å². The Morgan fingerprint density at radius 2 is 1.93 bits per heavy atom. The highest BCUT2D eigenvalue weighted by Gasteiger charge is 2.22. The van der Waals surface area contributed by atoms with Crippen LogP contribution < -0.4 is 10.2 Å². The lowest BCUT2D eigenvalue weighted by molar-refractivity contribution is 0.194. The predicted molar refractivity (Wildman–Crippen MR) is 109 cm³/mol. The molecule has 8 heteroatoms. The molecule has 1 aromatic carbocycles. The Morgan fingerprint density at radius 1 is 1.11 bits per heavy atom. The maximum absolute atomic E-state index is 12.5. The zero-order valence-corrected chi connectivity index (χ0v) is 16.1. The Bertz CT molecular complexity index is 920. The van der Waals surface area contributed by atoms with Crippen molar-refractivity contribution >= 4 is 23.3 Å². The Hall–Kier alpha value is -3.06. The zero-order valence-electron chi connectivity index (χ0n) is 15.3. The van der Waals surface area contributed by atoms with Gasteiger partial charge in [-0.2, -0.15) is 0 Å². The Balaban J connectivity index is 1.27. The molecule has 0 radical (unpaired) electrons. The number of amides is 2. The monoisotopic (exact) mass is 396 g/mol. The Morgan fingerprint density at radius 3 is 2.61 bits per heavy atom. The second-order valence-corrected chi connectivity index (χ2v) is 6.99. The summed E-state index contributed by atoms with van der Waals surface area (Å²) in [6, 6.07) is 11.6. The third-order valence-electron chi connectivity index (χ3n) is 4.78. The van der Waals surface area contributed by atoms with Crippen LogP contribution in [0.25, 0.3) is 5.82 Å². The van der Waals surface area contributed by atoms with Crippen molar-refractivity contribution in [2.24, 2.45) is 0 Å². The second-order valence-electron chi connectivity index (χ2n) is 6.58. The molecule has 3 heterocycles. The molecule has 0 saturated carbocycles. The molecule has 1 fully saturated rings. The van der Waals surface area contributed by atoms with E-state index in [0.29, 0.717) is 19.6 Å². The van der Waals surface area contributed by atoms with Crippen molar-refractivity contribution in [3.63, 3.8) is 0 Å². The van der Waals surface area contributed by atoms with Crippen LogP contribution in [0.2, 0.25) is 5.02 Å². The molecule has 1 N–H and O–H groups in total. The van der Waals surface area contributed by atoms with Crippen LogP contribution in [0.5, 0.6) is 0 Å². The molecule has 0 atom stereocenters. The molecule has 7 nitrogen and oxygen atoms in total. The predicted octanol–water partition coefficient (Wildman–Crippen LogP) is 2.95. The SMILES string of the molecule is O=C(NCc1ccc(-n2ccnc2)nc1)N1CCN(c2ccccc2Cl)CC1. The second kappa shape index (κ2) is 8.31. The molecule has 1 saturated heterocycles. The number of carbonyl (C=O) groups excluding carboxylic acids is 1. The zero-order chi connectivity index (χ0) is 19.3. The molecule has 4 rings (SSSR count). The van der Waals surface area contributed by atoms with Gasteiger partial charge in [-0.1, -0.05) is 29.8 Å².